The maximum absolute atomic E-state index is 14.4. The summed E-state index contributed by atoms with van der Waals surface area (Å²) in [6, 6.07) is 9.23. The van der Waals surface area contributed by atoms with Gasteiger partial charge in [0, 0.05) is 73.6 Å². The van der Waals surface area contributed by atoms with Crippen LogP contribution in [0.1, 0.15) is 193 Å². The van der Waals surface area contributed by atoms with Crippen molar-refractivity contribution in [3.05, 3.63) is 157 Å². The van der Waals surface area contributed by atoms with E-state index in [4.69, 9.17) is 19.1 Å². The predicted octanol–water partition coefficient (Wildman–Crippen LogP) is 14.0. The van der Waals surface area contributed by atoms with Crippen molar-refractivity contribution in [2.24, 2.45) is 0 Å². The minimum absolute atomic E-state index is 0. The molecular formula is C68H84Cl2F12N12O8. The maximum Gasteiger partial charge on any atom is 0.416 e. The molecule has 3 saturated heterocycles. The van der Waals surface area contributed by atoms with E-state index in [0.29, 0.717) is 76.3 Å². The van der Waals surface area contributed by atoms with Gasteiger partial charge in [0.1, 0.15) is 28.7 Å². The van der Waals surface area contributed by atoms with E-state index < -0.39 is 81.8 Å². The van der Waals surface area contributed by atoms with Crippen LogP contribution in [0.4, 0.5) is 62.3 Å². The molecule has 34 heteroatoms. The number of ether oxygens (including phenoxy) is 2. The van der Waals surface area contributed by atoms with Crippen molar-refractivity contribution in [2.45, 2.75) is 174 Å². The third kappa shape index (κ3) is 21.7. The standard InChI is InChI=1S/C24H28F4N4O3.C19H20F4N4O.C12H13F4N.C11H17N3O2.CO2.CH4.2ClH/c1-23(2,3)35-22(34)32-12-9-15-18(13-32)29-30-20(15)21(33)31-10-7-14(8-11-31)19-16(24(26,27)28)5-4-6-17(19)25;20-14-3-1-2-13(19(21,22)23)16(14)11-5-8-27(9-6-11)18(28)17-12-4-7-24-10-15(12)25-26-17;13-10-3-1-2-9(12(14,15)16)11(10)8-4-6-17-7-5-8;1-11(2,3)16-10(15)14-5-4-8-6-12-13-9(8)7-14;2-1-3;;;/h4-6,14H,7-13H2,1-3H3,(H,29,30);1-3,11,24H,4-10H2,(H,25,26);1-3,8,17H,4-7H2;6H,4-5,7H2,1-3H3,(H,12,13);;1H4;2*1H. The van der Waals surface area contributed by atoms with E-state index in [9.17, 15) is 71.9 Å². The first kappa shape index (κ1) is 84.5. The number of piperidine rings is 3. The number of nitrogens with one attached hydrogen (secondary N) is 5. The highest BCUT2D eigenvalue weighted by Crippen LogP contribution is 2.43. The number of hydrogen-bond donors (Lipinski definition) is 5. The number of halogens is 14. The van der Waals surface area contributed by atoms with Crippen LogP contribution in [0.15, 0.2) is 60.8 Å². The Hall–Kier alpha value is -8.19. The predicted molar refractivity (Wildman–Crippen MR) is 353 cm³/mol. The number of carbonyl (C=O) groups excluding carboxylic acids is 6. The van der Waals surface area contributed by atoms with Gasteiger partial charge >= 0.3 is 36.9 Å². The molecule has 6 aromatic rings. The minimum Gasteiger partial charge on any atom is -0.444 e. The first-order valence-electron chi connectivity index (χ1n) is 32.2. The summed E-state index contributed by atoms with van der Waals surface area (Å²) < 4.78 is 171. The fourth-order valence-electron chi connectivity index (χ4n) is 12.8. The van der Waals surface area contributed by atoms with Crippen molar-refractivity contribution in [1.82, 2.24) is 60.8 Å². The molecule has 562 valence electrons. The monoisotopic (exact) mass is 1490 g/mol. The van der Waals surface area contributed by atoms with Gasteiger partial charge in [0.15, 0.2) is 11.4 Å². The van der Waals surface area contributed by atoms with Crippen LogP contribution in [0.2, 0.25) is 0 Å². The largest absolute Gasteiger partial charge is 0.444 e. The molecule has 3 fully saturated rings. The molecule has 3 aromatic heterocycles. The minimum atomic E-state index is -4.65. The molecule has 0 aliphatic carbocycles. The highest BCUT2D eigenvalue weighted by Gasteiger charge is 2.42. The van der Waals surface area contributed by atoms with Crippen LogP contribution in [0.3, 0.4) is 0 Å². The molecule has 102 heavy (non-hydrogen) atoms. The van der Waals surface area contributed by atoms with Crippen LogP contribution >= 0.6 is 24.8 Å². The highest BCUT2D eigenvalue weighted by atomic mass is 35.5. The quantitative estimate of drug-likeness (QED) is 0.101. The van der Waals surface area contributed by atoms with Crippen molar-refractivity contribution in [2.75, 3.05) is 58.9 Å². The molecule has 5 N–H and O–H groups in total. The molecule has 0 spiro atoms. The average molecular weight is 1500 g/mol. The lowest BCUT2D eigenvalue weighted by molar-refractivity contribution is -0.191. The first-order chi connectivity index (χ1) is 46.6. The Kier molecular flexibility index (Phi) is 29.7. The first-order valence-corrected chi connectivity index (χ1v) is 32.2. The Bertz CT molecular complexity index is 3820. The van der Waals surface area contributed by atoms with Crippen molar-refractivity contribution in [3.8, 4) is 0 Å². The molecule has 20 nitrogen and oxygen atoms in total. The van der Waals surface area contributed by atoms with Gasteiger partial charge in [-0.15, -0.1) is 24.8 Å². The van der Waals surface area contributed by atoms with Crippen molar-refractivity contribution in [1.29, 1.82) is 0 Å². The fourth-order valence-corrected chi connectivity index (χ4v) is 12.8. The summed E-state index contributed by atoms with van der Waals surface area (Å²) in [5.41, 5.74) is 1.47. The summed E-state index contributed by atoms with van der Waals surface area (Å²) in [5, 5.41) is 27.2. The molecule has 0 radical (unpaired) electrons. The number of fused-ring (bicyclic) bond motifs is 3. The van der Waals surface area contributed by atoms with Gasteiger partial charge in [-0.3, -0.25) is 24.9 Å². The number of amides is 4. The van der Waals surface area contributed by atoms with Gasteiger partial charge in [-0.05, 0) is 179 Å². The third-order valence-corrected chi connectivity index (χ3v) is 17.5. The van der Waals surface area contributed by atoms with Crippen molar-refractivity contribution < 1.29 is 90.9 Å². The lowest BCUT2D eigenvalue weighted by atomic mass is 9.85. The lowest BCUT2D eigenvalue weighted by Crippen LogP contribution is -2.41. The zero-order chi connectivity index (χ0) is 72.4. The second kappa shape index (κ2) is 35.8. The zero-order valence-electron chi connectivity index (χ0n) is 56.1. The second-order valence-corrected chi connectivity index (χ2v) is 26.5. The van der Waals surface area contributed by atoms with Gasteiger partial charge in [0.05, 0.1) is 53.1 Å². The molecule has 4 amide bonds. The Labute approximate surface area is 593 Å². The van der Waals surface area contributed by atoms with Crippen LogP contribution in [0.25, 0.3) is 0 Å². The summed E-state index contributed by atoms with van der Waals surface area (Å²) in [6.07, 6.45) is -8.31. The van der Waals surface area contributed by atoms with E-state index in [1.54, 1.807) is 35.5 Å². The van der Waals surface area contributed by atoms with Gasteiger partial charge in [-0.2, -0.15) is 64.4 Å². The topological polar surface area (TPSA) is 244 Å². The molecule has 6 aliphatic heterocycles. The van der Waals surface area contributed by atoms with Gasteiger partial charge in [0.25, 0.3) is 11.8 Å². The van der Waals surface area contributed by atoms with Crippen molar-refractivity contribution >= 4 is 55.0 Å². The van der Waals surface area contributed by atoms with E-state index in [1.807, 2.05) is 27.0 Å². The fraction of sp³-hybridized carbons (Fsp3) is 0.529. The average Bonchev–Trinajstić information content (AvgIpc) is 1.16. The molecule has 12 rings (SSSR count). The SMILES string of the molecule is C.CC(C)(C)OC(=O)N1CCc2c(C(=O)N3CCC(c4c(F)cccc4C(F)(F)F)CC3)n[nH]c2C1.CC(C)(C)OC(=O)N1CCc2cn[nH]c2C1.Cl.Cl.Fc1cccc(C(F)(F)F)c1C1CCNCC1.O=C(c1n[nH]c2c1CCNC2)N1CCC(c2c(F)cccc2C(F)(F)F)CC1.O=C=O. The third-order valence-electron chi connectivity index (χ3n) is 17.5. The number of alkyl halides is 9. The number of aromatic nitrogens is 6. The molecule has 0 atom stereocenters. The van der Waals surface area contributed by atoms with E-state index in [2.05, 4.69) is 41.2 Å². The van der Waals surface area contributed by atoms with Crippen LogP contribution in [-0.2, 0) is 76.5 Å². The van der Waals surface area contributed by atoms with Gasteiger partial charge < -0.3 is 39.7 Å². The Balaban J connectivity index is 0.000000250. The maximum atomic E-state index is 14.4. The van der Waals surface area contributed by atoms with Crippen molar-refractivity contribution in [3.63, 3.8) is 0 Å². The molecule has 0 bridgehead atoms. The Morgan fingerprint density at radius 1 is 0.480 bits per heavy atom. The van der Waals surface area contributed by atoms with Gasteiger partial charge in [0.2, 0.25) is 0 Å². The molecule has 9 heterocycles. The van der Waals surface area contributed by atoms with Crippen LogP contribution in [0, 0.1) is 17.5 Å². The van der Waals surface area contributed by atoms with Gasteiger partial charge in [-0.1, -0.05) is 25.6 Å². The zero-order valence-corrected chi connectivity index (χ0v) is 57.7. The highest BCUT2D eigenvalue weighted by molar-refractivity contribution is 5.95. The molecule has 0 unspecified atom stereocenters. The second-order valence-electron chi connectivity index (χ2n) is 26.5. The lowest BCUT2D eigenvalue weighted by Gasteiger charge is -2.33. The summed E-state index contributed by atoms with van der Waals surface area (Å²) in [4.78, 5) is 72.8. The normalized spacial score (nSPS) is 16.6. The summed E-state index contributed by atoms with van der Waals surface area (Å²) in [6.45, 7) is 16.4. The van der Waals surface area contributed by atoms with E-state index in [1.165, 1.54) is 10.5 Å². The number of rotatable bonds is 5. The van der Waals surface area contributed by atoms with E-state index in [0.717, 1.165) is 90.1 Å². The number of benzene rings is 3. The number of hydrogen-bond acceptors (Lipinski definition) is 13. The molecule has 6 aliphatic rings. The number of nitrogens with zero attached hydrogens (tertiary/aromatic N) is 7. The van der Waals surface area contributed by atoms with E-state index >= 15 is 0 Å². The number of likely N-dealkylation sites (tertiary alicyclic amines) is 2. The summed E-state index contributed by atoms with van der Waals surface area (Å²) >= 11 is 0. The van der Waals surface area contributed by atoms with Crippen LogP contribution in [0.5, 0.6) is 0 Å². The molecule has 0 saturated carbocycles. The smallest absolute Gasteiger partial charge is 0.416 e. The van der Waals surface area contributed by atoms with Crippen LogP contribution in [-0.4, -0.2) is 150 Å². The molecular weight excluding hydrogens is 1410 g/mol. The summed E-state index contributed by atoms with van der Waals surface area (Å²) in [7, 11) is 0. The number of aromatic amines is 3. The van der Waals surface area contributed by atoms with Crippen LogP contribution < -0.4 is 10.6 Å². The van der Waals surface area contributed by atoms with Gasteiger partial charge in [-0.25, -0.2) is 22.8 Å². The summed E-state index contributed by atoms with van der Waals surface area (Å²) in [5.74, 6) is -4.54. The number of H-pyrrole nitrogens is 3. The Morgan fingerprint density at radius 2 is 0.853 bits per heavy atom. The molecule has 3 aromatic carbocycles. The Morgan fingerprint density at radius 3 is 1.25 bits per heavy atom. The number of carbonyl (C=O) groups is 4. The van der Waals surface area contributed by atoms with E-state index in [-0.39, 0.29) is 143 Å².